The van der Waals surface area contributed by atoms with E-state index in [1.807, 2.05) is 60.0 Å². The highest BCUT2D eigenvalue weighted by Crippen LogP contribution is 2.47. The van der Waals surface area contributed by atoms with Crippen molar-refractivity contribution in [2.45, 2.75) is 37.1 Å². The largest absolute Gasteiger partial charge is 0.324 e. The molecule has 1 N–H and O–H groups in total. The van der Waals surface area contributed by atoms with E-state index < -0.39 is 5.41 Å². The second kappa shape index (κ2) is 8.65. The number of hydrogen-bond acceptors (Lipinski definition) is 3. The van der Waals surface area contributed by atoms with Gasteiger partial charge in [0.1, 0.15) is 6.54 Å². The highest BCUT2D eigenvalue weighted by atomic mass is 79.9. The molecule has 2 amide bonds. The standard InChI is InChI=1S/C25H22BrClN2O2S/c26-17-7-10-20-19(14-17)23(21-4-3-13-32-21)29(15-22(30)28-20)24(31)25(11-1-2-12-25)16-5-8-18(27)9-6-16/h3-10,13-14,23H,1-2,11-12,15H2,(H,28,30). The van der Waals surface area contributed by atoms with Crippen molar-refractivity contribution < 1.29 is 9.59 Å². The highest BCUT2D eigenvalue weighted by molar-refractivity contribution is 9.10. The molecule has 1 aromatic heterocycles. The quantitative estimate of drug-likeness (QED) is 0.418. The second-order valence-electron chi connectivity index (χ2n) is 8.43. The van der Waals surface area contributed by atoms with Crippen LogP contribution in [0.3, 0.4) is 0 Å². The van der Waals surface area contributed by atoms with Crippen LogP contribution >= 0.6 is 38.9 Å². The molecular weight excluding hydrogens is 508 g/mol. The van der Waals surface area contributed by atoms with Crippen molar-refractivity contribution in [3.63, 3.8) is 0 Å². The Morgan fingerprint density at radius 3 is 2.56 bits per heavy atom. The van der Waals surface area contributed by atoms with Crippen LogP contribution in [0.4, 0.5) is 5.69 Å². The van der Waals surface area contributed by atoms with Crippen LogP contribution in [0.1, 0.15) is 47.7 Å². The molecule has 1 aliphatic heterocycles. The zero-order valence-electron chi connectivity index (χ0n) is 17.3. The van der Waals surface area contributed by atoms with Gasteiger partial charge in [0.2, 0.25) is 11.8 Å². The SMILES string of the molecule is O=C1CN(C(=O)C2(c3ccc(Cl)cc3)CCCC2)C(c2cccs2)c2cc(Br)ccc2N1. The summed E-state index contributed by atoms with van der Waals surface area (Å²) in [6.07, 6.45) is 3.52. The van der Waals surface area contributed by atoms with Gasteiger partial charge >= 0.3 is 0 Å². The minimum Gasteiger partial charge on any atom is -0.324 e. The molecule has 1 atom stereocenters. The number of rotatable bonds is 3. The Morgan fingerprint density at radius 1 is 1.12 bits per heavy atom. The van der Waals surface area contributed by atoms with E-state index in [1.54, 1.807) is 16.2 Å². The van der Waals surface area contributed by atoms with Gasteiger partial charge in [0.25, 0.3) is 0 Å². The first-order valence-electron chi connectivity index (χ1n) is 10.7. The van der Waals surface area contributed by atoms with Gasteiger partial charge in [0, 0.05) is 25.6 Å². The van der Waals surface area contributed by atoms with Gasteiger partial charge in [-0.25, -0.2) is 0 Å². The van der Waals surface area contributed by atoms with E-state index in [9.17, 15) is 9.59 Å². The molecule has 2 heterocycles. The molecule has 1 fully saturated rings. The smallest absolute Gasteiger partial charge is 0.244 e. The van der Waals surface area contributed by atoms with Crippen LogP contribution in [0.5, 0.6) is 0 Å². The number of nitrogens with zero attached hydrogens (tertiary/aromatic N) is 1. The number of carbonyl (C=O) groups excluding carboxylic acids is 2. The minimum atomic E-state index is -0.642. The first kappa shape index (κ1) is 21.7. The third-order valence-corrected chi connectivity index (χ3v) is 8.21. The van der Waals surface area contributed by atoms with E-state index in [4.69, 9.17) is 11.6 Å². The average molecular weight is 530 g/mol. The number of thiophene rings is 1. The summed E-state index contributed by atoms with van der Waals surface area (Å²) >= 11 is 11.3. The zero-order valence-corrected chi connectivity index (χ0v) is 20.5. The average Bonchev–Trinajstić information content (AvgIpc) is 3.46. The molecule has 2 aromatic carbocycles. The molecule has 1 unspecified atom stereocenters. The van der Waals surface area contributed by atoms with Crippen LogP contribution in [0.2, 0.25) is 5.02 Å². The summed E-state index contributed by atoms with van der Waals surface area (Å²) in [4.78, 5) is 30.2. The Bertz CT molecular complexity index is 1160. The summed E-state index contributed by atoms with van der Waals surface area (Å²) in [6, 6.07) is 17.1. The third kappa shape index (κ3) is 3.78. The topological polar surface area (TPSA) is 49.4 Å². The lowest BCUT2D eigenvalue weighted by atomic mass is 9.77. The number of fused-ring (bicyclic) bond motifs is 1. The van der Waals surface area contributed by atoms with Gasteiger partial charge < -0.3 is 10.2 Å². The summed E-state index contributed by atoms with van der Waals surface area (Å²) in [5.74, 6) is -0.163. The highest BCUT2D eigenvalue weighted by Gasteiger charge is 2.48. The Labute approximate surface area is 204 Å². The van der Waals surface area contributed by atoms with E-state index in [1.165, 1.54) is 0 Å². The first-order chi connectivity index (χ1) is 15.5. The maximum Gasteiger partial charge on any atom is 0.244 e. The number of hydrogen-bond donors (Lipinski definition) is 1. The Kier molecular flexibility index (Phi) is 5.86. The van der Waals surface area contributed by atoms with Crippen molar-refractivity contribution in [3.05, 3.63) is 85.5 Å². The van der Waals surface area contributed by atoms with E-state index in [0.717, 1.165) is 51.8 Å². The molecule has 2 aliphatic rings. The van der Waals surface area contributed by atoms with Crippen LogP contribution in [0.15, 0.2) is 64.5 Å². The van der Waals surface area contributed by atoms with E-state index >= 15 is 0 Å². The van der Waals surface area contributed by atoms with Gasteiger partial charge in [-0.2, -0.15) is 0 Å². The maximum atomic E-state index is 14.4. The molecule has 7 heteroatoms. The van der Waals surface area contributed by atoms with Gasteiger partial charge in [0.15, 0.2) is 0 Å². The molecule has 3 aromatic rings. The summed E-state index contributed by atoms with van der Waals surface area (Å²) in [6.45, 7) is 0.0169. The lowest BCUT2D eigenvalue weighted by Crippen LogP contribution is -2.48. The normalized spacial score (nSPS) is 19.9. The van der Waals surface area contributed by atoms with Crippen LogP contribution in [0.25, 0.3) is 0 Å². The molecule has 164 valence electrons. The number of halogens is 2. The third-order valence-electron chi connectivity index (χ3n) is 6.54. The molecular formula is C25H22BrClN2O2S. The van der Waals surface area contributed by atoms with Crippen LogP contribution in [-0.4, -0.2) is 23.3 Å². The molecule has 0 bridgehead atoms. The van der Waals surface area contributed by atoms with Gasteiger partial charge in [0.05, 0.1) is 11.5 Å². The zero-order chi connectivity index (χ0) is 22.3. The molecule has 0 spiro atoms. The molecule has 5 rings (SSSR count). The van der Waals surface area contributed by atoms with Crippen LogP contribution in [0, 0.1) is 0 Å². The monoisotopic (exact) mass is 528 g/mol. The summed E-state index contributed by atoms with van der Waals surface area (Å²) < 4.78 is 0.912. The number of amides is 2. The summed E-state index contributed by atoms with van der Waals surface area (Å²) in [5.41, 5.74) is 2.01. The van der Waals surface area contributed by atoms with Crippen molar-refractivity contribution in [1.82, 2.24) is 4.90 Å². The fourth-order valence-electron chi connectivity index (χ4n) is 5.07. The van der Waals surface area contributed by atoms with Crippen molar-refractivity contribution in [2.24, 2.45) is 0 Å². The minimum absolute atomic E-state index is 0.0127. The van der Waals surface area contributed by atoms with Crippen molar-refractivity contribution in [3.8, 4) is 0 Å². The van der Waals surface area contributed by atoms with Crippen molar-refractivity contribution in [2.75, 3.05) is 11.9 Å². The number of benzene rings is 2. The van der Waals surface area contributed by atoms with Crippen LogP contribution < -0.4 is 5.32 Å². The molecule has 0 radical (unpaired) electrons. The maximum absolute atomic E-state index is 14.4. The predicted octanol–water partition coefficient (Wildman–Crippen LogP) is 6.55. The first-order valence-corrected chi connectivity index (χ1v) is 12.7. The molecule has 1 aliphatic carbocycles. The fourth-order valence-corrected chi connectivity index (χ4v) is 6.43. The van der Waals surface area contributed by atoms with Gasteiger partial charge in [-0.1, -0.05) is 58.6 Å². The number of anilines is 1. The molecule has 0 saturated heterocycles. The molecule has 32 heavy (non-hydrogen) atoms. The Morgan fingerprint density at radius 2 is 1.88 bits per heavy atom. The van der Waals surface area contributed by atoms with Crippen LogP contribution in [-0.2, 0) is 15.0 Å². The van der Waals surface area contributed by atoms with E-state index in [-0.39, 0.29) is 24.4 Å². The lowest BCUT2D eigenvalue weighted by Gasteiger charge is -2.38. The van der Waals surface area contributed by atoms with E-state index in [0.29, 0.717) is 5.02 Å². The van der Waals surface area contributed by atoms with Gasteiger partial charge in [-0.05, 0) is 60.2 Å². The van der Waals surface area contributed by atoms with Gasteiger partial charge in [-0.3, -0.25) is 9.59 Å². The summed E-state index contributed by atoms with van der Waals surface area (Å²) in [5, 5.41) is 5.68. The van der Waals surface area contributed by atoms with E-state index in [2.05, 4.69) is 21.2 Å². The Balaban J connectivity index is 1.66. The number of nitrogens with one attached hydrogen (secondary N) is 1. The molecule has 4 nitrogen and oxygen atoms in total. The van der Waals surface area contributed by atoms with Crippen molar-refractivity contribution in [1.29, 1.82) is 0 Å². The predicted molar refractivity (Wildman–Crippen MR) is 132 cm³/mol. The van der Waals surface area contributed by atoms with Crippen molar-refractivity contribution >= 4 is 56.4 Å². The number of carbonyl (C=O) groups is 2. The molecule has 1 saturated carbocycles. The Hall–Kier alpha value is -2.15. The summed E-state index contributed by atoms with van der Waals surface area (Å²) in [7, 11) is 0. The van der Waals surface area contributed by atoms with Gasteiger partial charge in [-0.15, -0.1) is 11.3 Å². The lowest BCUT2D eigenvalue weighted by molar-refractivity contribution is -0.141. The second-order valence-corrected chi connectivity index (χ2v) is 10.8. The fraction of sp³-hybridized carbons (Fsp3) is 0.280.